The van der Waals surface area contributed by atoms with E-state index in [0.717, 1.165) is 5.56 Å². The van der Waals surface area contributed by atoms with Crippen molar-refractivity contribution < 1.29 is 24.2 Å². The van der Waals surface area contributed by atoms with E-state index in [-0.39, 0.29) is 12.3 Å². The SMILES string of the molecule is COc1cc(NC(=O)OC(C)(C)C)ccc1C(C)CC(=O)O. The second-order valence-corrected chi connectivity index (χ2v) is 6.08. The zero-order chi connectivity index (χ0) is 16.9. The van der Waals surface area contributed by atoms with Crippen LogP contribution in [0.25, 0.3) is 0 Å². The normalized spacial score (nSPS) is 12.4. The summed E-state index contributed by atoms with van der Waals surface area (Å²) in [5.41, 5.74) is 0.724. The zero-order valence-electron chi connectivity index (χ0n) is 13.6. The van der Waals surface area contributed by atoms with Gasteiger partial charge in [0, 0.05) is 11.8 Å². The summed E-state index contributed by atoms with van der Waals surface area (Å²) < 4.78 is 10.5. The number of aliphatic carboxylic acids is 1. The van der Waals surface area contributed by atoms with Gasteiger partial charge in [0.25, 0.3) is 0 Å². The fourth-order valence-corrected chi connectivity index (χ4v) is 1.99. The number of anilines is 1. The summed E-state index contributed by atoms with van der Waals surface area (Å²) in [6.45, 7) is 7.16. The summed E-state index contributed by atoms with van der Waals surface area (Å²) in [6, 6.07) is 5.09. The smallest absolute Gasteiger partial charge is 0.412 e. The van der Waals surface area contributed by atoms with Crippen molar-refractivity contribution in [1.82, 2.24) is 0 Å². The van der Waals surface area contributed by atoms with Gasteiger partial charge in [-0.3, -0.25) is 10.1 Å². The van der Waals surface area contributed by atoms with E-state index in [9.17, 15) is 9.59 Å². The van der Waals surface area contributed by atoms with Gasteiger partial charge in [0.05, 0.1) is 13.5 Å². The van der Waals surface area contributed by atoms with Crippen LogP contribution >= 0.6 is 0 Å². The van der Waals surface area contributed by atoms with E-state index in [4.69, 9.17) is 14.6 Å². The Bertz CT molecular complexity index is 548. The van der Waals surface area contributed by atoms with Crippen molar-refractivity contribution in [3.05, 3.63) is 23.8 Å². The van der Waals surface area contributed by atoms with E-state index in [1.165, 1.54) is 7.11 Å². The molecule has 0 spiro atoms. The molecule has 6 heteroatoms. The number of hydrogen-bond acceptors (Lipinski definition) is 4. The van der Waals surface area contributed by atoms with Gasteiger partial charge < -0.3 is 14.6 Å². The molecular formula is C16H23NO5. The average Bonchev–Trinajstić information content (AvgIpc) is 2.35. The average molecular weight is 309 g/mol. The van der Waals surface area contributed by atoms with E-state index in [1.54, 1.807) is 39.0 Å². The highest BCUT2D eigenvalue weighted by Gasteiger charge is 2.18. The first-order chi connectivity index (χ1) is 10.1. The Balaban J connectivity index is 2.88. The van der Waals surface area contributed by atoms with E-state index < -0.39 is 17.7 Å². The Labute approximate surface area is 130 Å². The third-order valence-corrected chi connectivity index (χ3v) is 2.89. The molecule has 6 nitrogen and oxygen atoms in total. The van der Waals surface area contributed by atoms with Gasteiger partial charge >= 0.3 is 12.1 Å². The van der Waals surface area contributed by atoms with Crippen molar-refractivity contribution in [3.8, 4) is 5.75 Å². The summed E-state index contributed by atoms with van der Waals surface area (Å²) in [4.78, 5) is 22.6. The summed E-state index contributed by atoms with van der Waals surface area (Å²) in [5, 5.41) is 11.5. The molecule has 122 valence electrons. The Morgan fingerprint density at radius 1 is 1.32 bits per heavy atom. The molecule has 1 unspecified atom stereocenters. The molecule has 0 radical (unpaired) electrons. The van der Waals surface area contributed by atoms with Crippen molar-refractivity contribution in [2.75, 3.05) is 12.4 Å². The number of ether oxygens (including phenoxy) is 2. The summed E-state index contributed by atoms with van der Waals surface area (Å²) in [7, 11) is 1.50. The Morgan fingerprint density at radius 3 is 2.45 bits per heavy atom. The van der Waals surface area contributed by atoms with E-state index in [2.05, 4.69) is 5.32 Å². The quantitative estimate of drug-likeness (QED) is 0.867. The van der Waals surface area contributed by atoms with Crippen LogP contribution < -0.4 is 10.1 Å². The van der Waals surface area contributed by atoms with Crippen LogP contribution in [0.4, 0.5) is 10.5 Å². The maximum atomic E-state index is 11.7. The number of nitrogens with one attached hydrogen (secondary N) is 1. The van der Waals surface area contributed by atoms with Gasteiger partial charge in [-0.15, -0.1) is 0 Å². The lowest BCUT2D eigenvalue weighted by Crippen LogP contribution is -2.27. The number of carboxylic acid groups (broad SMARTS) is 1. The lowest BCUT2D eigenvalue weighted by Gasteiger charge is -2.20. The van der Waals surface area contributed by atoms with Gasteiger partial charge in [0.2, 0.25) is 0 Å². The van der Waals surface area contributed by atoms with Gasteiger partial charge in [-0.05, 0) is 38.3 Å². The van der Waals surface area contributed by atoms with Gasteiger partial charge in [-0.1, -0.05) is 13.0 Å². The topological polar surface area (TPSA) is 84.9 Å². The number of carboxylic acids is 1. The number of amides is 1. The minimum absolute atomic E-state index is 0.00913. The fourth-order valence-electron chi connectivity index (χ4n) is 1.99. The second-order valence-electron chi connectivity index (χ2n) is 6.08. The first-order valence-corrected chi connectivity index (χ1v) is 7.02. The Hall–Kier alpha value is -2.24. The fraction of sp³-hybridized carbons (Fsp3) is 0.500. The van der Waals surface area contributed by atoms with Crippen molar-refractivity contribution in [2.24, 2.45) is 0 Å². The maximum absolute atomic E-state index is 11.7. The van der Waals surface area contributed by atoms with Crippen molar-refractivity contribution in [3.63, 3.8) is 0 Å². The van der Waals surface area contributed by atoms with Gasteiger partial charge in [-0.2, -0.15) is 0 Å². The lowest BCUT2D eigenvalue weighted by molar-refractivity contribution is -0.137. The van der Waals surface area contributed by atoms with Gasteiger partial charge in [-0.25, -0.2) is 4.79 Å². The minimum atomic E-state index is -0.870. The number of carbonyl (C=O) groups excluding carboxylic acids is 1. The third-order valence-electron chi connectivity index (χ3n) is 2.89. The largest absolute Gasteiger partial charge is 0.496 e. The van der Waals surface area contributed by atoms with E-state index in [1.807, 2.05) is 6.92 Å². The van der Waals surface area contributed by atoms with Crippen LogP contribution in [0.1, 0.15) is 45.6 Å². The molecule has 0 aliphatic heterocycles. The highest BCUT2D eigenvalue weighted by atomic mass is 16.6. The molecule has 0 bridgehead atoms. The Morgan fingerprint density at radius 2 is 1.95 bits per heavy atom. The highest BCUT2D eigenvalue weighted by Crippen LogP contribution is 2.31. The Kier molecular flexibility index (Phi) is 5.79. The molecule has 1 aromatic carbocycles. The van der Waals surface area contributed by atoms with Crippen LogP contribution in [-0.2, 0) is 9.53 Å². The minimum Gasteiger partial charge on any atom is -0.496 e. The predicted molar refractivity (Wildman–Crippen MR) is 83.5 cm³/mol. The molecule has 2 N–H and O–H groups in total. The standard InChI is InChI=1S/C16H23NO5/c1-10(8-14(18)19)12-7-6-11(9-13(12)21-5)17-15(20)22-16(2,3)4/h6-7,9-10H,8H2,1-5H3,(H,17,20)(H,18,19). The first-order valence-electron chi connectivity index (χ1n) is 7.02. The first kappa shape index (κ1) is 17.8. The van der Waals surface area contributed by atoms with E-state index >= 15 is 0 Å². The zero-order valence-corrected chi connectivity index (χ0v) is 13.6. The molecule has 0 fully saturated rings. The lowest BCUT2D eigenvalue weighted by atomic mass is 9.96. The number of benzene rings is 1. The molecule has 22 heavy (non-hydrogen) atoms. The van der Waals surface area contributed by atoms with Crippen LogP contribution in [0, 0.1) is 0 Å². The van der Waals surface area contributed by atoms with Crippen LogP contribution in [0.2, 0.25) is 0 Å². The molecule has 1 rings (SSSR count). The van der Waals surface area contributed by atoms with Crippen LogP contribution in [0.15, 0.2) is 18.2 Å². The van der Waals surface area contributed by atoms with Gasteiger partial charge in [0.1, 0.15) is 11.4 Å². The summed E-state index contributed by atoms with van der Waals surface area (Å²) in [6.07, 6.45) is -0.546. The van der Waals surface area contributed by atoms with Crippen molar-refractivity contribution in [2.45, 2.75) is 45.6 Å². The van der Waals surface area contributed by atoms with Crippen molar-refractivity contribution >= 4 is 17.7 Å². The number of methoxy groups -OCH3 is 1. The van der Waals surface area contributed by atoms with E-state index in [0.29, 0.717) is 11.4 Å². The van der Waals surface area contributed by atoms with Gasteiger partial charge in [0.15, 0.2) is 0 Å². The molecule has 0 saturated carbocycles. The molecule has 1 atom stereocenters. The molecule has 0 heterocycles. The molecule has 0 aliphatic rings. The molecule has 1 aromatic rings. The molecular weight excluding hydrogens is 286 g/mol. The van der Waals surface area contributed by atoms with Crippen LogP contribution in [0.3, 0.4) is 0 Å². The molecule has 0 saturated heterocycles. The predicted octanol–water partition coefficient (Wildman–Crippen LogP) is 3.62. The second kappa shape index (κ2) is 7.15. The van der Waals surface area contributed by atoms with Crippen LogP contribution in [-0.4, -0.2) is 29.9 Å². The third kappa shape index (κ3) is 5.63. The highest BCUT2D eigenvalue weighted by molar-refractivity contribution is 5.85. The molecule has 1 amide bonds. The monoisotopic (exact) mass is 309 g/mol. The summed E-state index contributed by atoms with van der Waals surface area (Å²) in [5.74, 6) is -0.532. The summed E-state index contributed by atoms with van der Waals surface area (Å²) >= 11 is 0. The maximum Gasteiger partial charge on any atom is 0.412 e. The number of carbonyl (C=O) groups is 2. The van der Waals surface area contributed by atoms with Crippen molar-refractivity contribution in [1.29, 1.82) is 0 Å². The van der Waals surface area contributed by atoms with Crippen LogP contribution in [0.5, 0.6) is 5.75 Å². The molecule has 0 aliphatic carbocycles. The number of rotatable bonds is 5. The number of hydrogen-bond donors (Lipinski definition) is 2. The molecule has 0 aromatic heterocycles.